The Morgan fingerprint density at radius 2 is 2.33 bits per heavy atom. The Kier molecular flexibility index (Phi) is 3.41. The van der Waals surface area contributed by atoms with Crippen molar-refractivity contribution in [2.75, 3.05) is 5.33 Å². The van der Waals surface area contributed by atoms with Crippen molar-refractivity contribution in [3.8, 4) is 0 Å². The van der Waals surface area contributed by atoms with Crippen molar-refractivity contribution in [2.24, 2.45) is 0 Å². The first-order valence-corrected chi connectivity index (χ1v) is 4.89. The van der Waals surface area contributed by atoms with E-state index in [1.165, 1.54) is 0 Å². The van der Waals surface area contributed by atoms with Gasteiger partial charge in [0.25, 0.3) is 0 Å². The number of hydrogen-bond acceptors (Lipinski definition) is 2. The van der Waals surface area contributed by atoms with Crippen molar-refractivity contribution in [3.63, 3.8) is 0 Å². The maximum Gasteiger partial charge on any atom is 0.182 e. The standard InChI is InChI=1S/C9H10BrNO/c1-7-3-2-4-8(11-7)9(12)5-6-10/h2-4H,5-6H2,1H3. The molecule has 0 saturated carbocycles. The molecule has 0 N–H and O–H groups in total. The Labute approximate surface area is 80.1 Å². The lowest BCUT2D eigenvalue weighted by Gasteiger charge is -1.97. The summed E-state index contributed by atoms with van der Waals surface area (Å²) in [6, 6.07) is 5.48. The van der Waals surface area contributed by atoms with E-state index in [9.17, 15) is 4.79 Å². The van der Waals surface area contributed by atoms with Crippen LogP contribution in [-0.4, -0.2) is 16.1 Å². The largest absolute Gasteiger partial charge is 0.292 e. The Balaban J connectivity index is 2.81. The van der Waals surface area contributed by atoms with Gasteiger partial charge in [0.15, 0.2) is 5.78 Å². The van der Waals surface area contributed by atoms with Crippen LogP contribution in [0, 0.1) is 6.92 Å². The Hall–Kier alpha value is -0.700. The minimum absolute atomic E-state index is 0.0931. The van der Waals surface area contributed by atoms with Gasteiger partial charge in [-0.25, -0.2) is 0 Å². The molecule has 1 rings (SSSR count). The molecule has 0 unspecified atom stereocenters. The van der Waals surface area contributed by atoms with Gasteiger partial charge in [-0.15, -0.1) is 0 Å². The maximum atomic E-state index is 11.3. The lowest BCUT2D eigenvalue weighted by molar-refractivity contribution is 0.0985. The highest BCUT2D eigenvalue weighted by molar-refractivity contribution is 9.09. The first kappa shape index (κ1) is 9.39. The minimum Gasteiger partial charge on any atom is -0.292 e. The van der Waals surface area contributed by atoms with E-state index in [-0.39, 0.29) is 5.78 Å². The summed E-state index contributed by atoms with van der Waals surface area (Å²) in [5.41, 5.74) is 1.45. The molecule has 0 aliphatic carbocycles. The first-order valence-electron chi connectivity index (χ1n) is 3.77. The van der Waals surface area contributed by atoms with E-state index >= 15 is 0 Å². The molecule has 64 valence electrons. The number of alkyl halides is 1. The van der Waals surface area contributed by atoms with Gasteiger partial charge in [-0.1, -0.05) is 22.0 Å². The number of hydrogen-bond donors (Lipinski definition) is 0. The molecule has 1 aromatic heterocycles. The summed E-state index contributed by atoms with van der Waals surface area (Å²) in [5, 5.41) is 0.696. The number of aryl methyl sites for hydroxylation is 1. The van der Waals surface area contributed by atoms with Crippen LogP contribution in [0.15, 0.2) is 18.2 Å². The average Bonchev–Trinajstić information content (AvgIpc) is 2.05. The van der Waals surface area contributed by atoms with Gasteiger partial charge >= 0.3 is 0 Å². The summed E-state index contributed by atoms with van der Waals surface area (Å²) in [6.07, 6.45) is 0.510. The van der Waals surface area contributed by atoms with Crippen molar-refractivity contribution in [1.82, 2.24) is 4.98 Å². The fraction of sp³-hybridized carbons (Fsp3) is 0.333. The number of aromatic nitrogens is 1. The van der Waals surface area contributed by atoms with E-state index in [1.54, 1.807) is 6.07 Å². The number of carbonyl (C=O) groups excluding carboxylic acids is 1. The fourth-order valence-electron chi connectivity index (χ4n) is 0.912. The van der Waals surface area contributed by atoms with Crippen LogP contribution in [0.5, 0.6) is 0 Å². The highest BCUT2D eigenvalue weighted by Gasteiger charge is 2.05. The van der Waals surface area contributed by atoms with Gasteiger partial charge in [-0.3, -0.25) is 9.78 Å². The number of carbonyl (C=O) groups is 1. The third kappa shape index (κ3) is 2.41. The molecule has 0 atom stereocenters. The van der Waals surface area contributed by atoms with Gasteiger partial charge in [-0.2, -0.15) is 0 Å². The van der Waals surface area contributed by atoms with Crippen LogP contribution >= 0.6 is 15.9 Å². The first-order chi connectivity index (χ1) is 5.74. The number of pyridine rings is 1. The molecule has 12 heavy (non-hydrogen) atoms. The lowest BCUT2D eigenvalue weighted by atomic mass is 10.2. The molecule has 0 saturated heterocycles. The summed E-state index contributed by atoms with van der Waals surface area (Å²) in [4.78, 5) is 15.4. The number of nitrogens with zero attached hydrogens (tertiary/aromatic N) is 1. The zero-order chi connectivity index (χ0) is 8.97. The van der Waals surface area contributed by atoms with Crippen molar-refractivity contribution in [2.45, 2.75) is 13.3 Å². The predicted octanol–water partition coefficient (Wildman–Crippen LogP) is 2.36. The van der Waals surface area contributed by atoms with Crippen molar-refractivity contribution in [3.05, 3.63) is 29.6 Å². The second kappa shape index (κ2) is 4.36. The van der Waals surface area contributed by atoms with Crippen LogP contribution in [0.4, 0.5) is 0 Å². The molecule has 0 aliphatic heterocycles. The number of rotatable bonds is 3. The second-order valence-corrected chi connectivity index (χ2v) is 3.32. The number of halogens is 1. The van der Waals surface area contributed by atoms with E-state index in [2.05, 4.69) is 20.9 Å². The van der Waals surface area contributed by atoms with E-state index < -0.39 is 0 Å². The molecule has 0 amide bonds. The van der Waals surface area contributed by atoms with Gasteiger partial charge in [0.05, 0.1) is 0 Å². The normalized spacial score (nSPS) is 9.83. The zero-order valence-electron chi connectivity index (χ0n) is 6.88. The van der Waals surface area contributed by atoms with E-state index in [0.717, 1.165) is 5.69 Å². The van der Waals surface area contributed by atoms with Gasteiger partial charge in [0.1, 0.15) is 5.69 Å². The molecular weight excluding hydrogens is 218 g/mol. The van der Waals surface area contributed by atoms with Crippen molar-refractivity contribution >= 4 is 21.7 Å². The van der Waals surface area contributed by atoms with Crippen LogP contribution in [0.1, 0.15) is 22.6 Å². The third-order valence-electron chi connectivity index (χ3n) is 1.50. The fourth-order valence-corrected chi connectivity index (χ4v) is 1.27. The summed E-state index contributed by atoms with van der Waals surface area (Å²) < 4.78 is 0. The highest BCUT2D eigenvalue weighted by Crippen LogP contribution is 2.02. The molecule has 0 aliphatic rings. The van der Waals surface area contributed by atoms with Crippen LogP contribution in [-0.2, 0) is 0 Å². The van der Waals surface area contributed by atoms with Crippen molar-refractivity contribution in [1.29, 1.82) is 0 Å². The molecule has 0 radical (unpaired) electrons. The zero-order valence-corrected chi connectivity index (χ0v) is 8.47. The summed E-state index contributed by atoms with van der Waals surface area (Å²) in [6.45, 7) is 1.88. The molecule has 1 aromatic rings. The lowest BCUT2D eigenvalue weighted by Crippen LogP contribution is -2.02. The van der Waals surface area contributed by atoms with Crippen LogP contribution in [0.2, 0.25) is 0 Å². The monoisotopic (exact) mass is 227 g/mol. The van der Waals surface area contributed by atoms with Crippen molar-refractivity contribution < 1.29 is 4.79 Å². The van der Waals surface area contributed by atoms with Gasteiger partial charge in [-0.05, 0) is 19.1 Å². The molecule has 3 heteroatoms. The molecule has 0 spiro atoms. The topological polar surface area (TPSA) is 30.0 Å². The molecule has 0 fully saturated rings. The van der Waals surface area contributed by atoms with Gasteiger partial charge < -0.3 is 0 Å². The van der Waals surface area contributed by atoms with Gasteiger partial charge in [0.2, 0.25) is 0 Å². The second-order valence-electron chi connectivity index (χ2n) is 2.53. The number of Topliss-reactive ketones (excluding diaryl/α,β-unsaturated/α-hetero) is 1. The van der Waals surface area contributed by atoms with E-state index in [1.807, 2.05) is 19.1 Å². The summed E-state index contributed by atoms with van der Waals surface area (Å²) in [7, 11) is 0. The Bertz CT molecular complexity index is 286. The van der Waals surface area contributed by atoms with E-state index in [0.29, 0.717) is 17.4 Å². The average molecular weight is 228 g/mol. The Morgan fingerprint density at radius 3 is 2.92 bits per heavy atom. The molecule has 1 heterocycles. The van der Waals surface area contributed by atoms with Crippen LogP contribution in [0.3, 0.4) is 0 Å². The van der Waals surface area contributed by atoms with Crippen LogP contribution in [0.25, 0.3) is 0 Å². The van der Waals surface area contributed by atoms with Gasteiger partial charge in [0, 0.05) is 17.4 Å². The summed E-state index contributed by atoms with van der Waals surface area (Å²) in [5.74, 6) is 0.0931. The maximum absolute atomic E-state index is 11.3. The molecule has 0 aromatic carbocycles. The quantitative estimate of drug-likeness (QED) is 0.587. The van der Waals surface area contributed by atoms with Crippen LogP contribution < -0.4 is 0 Å². The Morgan fingerprint density at radius 1 is 1.58 bits per heavy atom. The minimum atomic E-state index is 0.0931. The van der Waals surface area contributed by atoms with E-state index in [4.69, 9.17) is 0 Å². The SMILES string of the molecule is Cc1cccc(C(=O)CCBr)n1. The third-order valence-corrected chi connectivity index (χ3v) is 1.89. The smallest absolute Gasteiger partial charge is 0.182 e. The highest BCUT2D eigenvalue weighted by atomic mass is 79.9. The molecule has 2 nitrogen and oxygen atoms in total. The summed E-state index contributed by atoms with van der Waals surface area (Å²) >= 11 is 3.22. The predicted molar refractivity (Wildman–Crippen MR) is 51.7 cm³/mol. The number of ketones is 1. The molecule has 0 bridgehead atoms. The molecular formula is C9H10BrNO.